The molecule has 168 valence electrons. The molecular formula is C25H26BrNO5. The van der Waals surface area contributed by atoms with Crippen LogP contribution in [0.2, 0.25) is 0 Å². The molecule has 2 heterocycles. The van der Waals surface area contributed by atoms with E-state index in [-0.39, 0.29) is 12.0 Å². The Morgan fingerprint density at radius 2 is 1.94 bits per heavy atom. The fourth-order valence-corrected chi connectivity index (χ4v) is 4.16. The molecule has 0 amide bonds. The molecule has 2 unspecified atom stereocenters. The number of aryl methyl sites for hydroxylation is 1. The molecule has 0 saturated heterocycles. The third-order valence-corrected chi connectivity index (χ3v) is 6.16. The first-order valence-electron chi connectivity index (χ1n) is 10.5. The summed E-state index contributed by atoms with van der Waals surface area (Å²) in [5, 5.41) is 9.66. The molecule has 2 atom stereocenters. The van der Waals surface area contributed by atoms with E-state index in [9.17, 15) is 9.90 Å². The van der Waals surface area contributed by atoms with E-state index in [2.05, 4.69) is 20.9 Å². The number of aliphatic carboxylic acids is 1. The summed E-state index contributed by atoms with van der Waals surface area (Å²) in [6.07, 6.45) is 0.0141. The van der Waals surface area contributed by atoms with Crippen LogP contribution in [-0.4, -0.2) is 22.2 Å². The van der Waals surface area contributed by atoms with Crippen molar-refractivity contribution in [2.75, 3.05) is 0 Å². The molecule has 7 heteroatoms. The highest BCUT2D eigenvalue weighted by Gasteiger charge is 2.42. The number of fused-ring (bicyclic) bond motifs is 1. The van der Waals surface area contributed by atoms with Gasteiger partial charge in [-0.15, -0.1) is 0 Å². The van der Waals surface area contributed by atoms with Gasteiger partial charge in [0.1, 0.15) is 35.7 Å². The number of hydrogen-bond acceptors (Lipinski definition) is 5. The van der Waals surface area contributed by atoms with Gasteiger partial charge in [-0.2, -0.15) is 0 Å². The number of aromatic nitrogens is 1. The van der Waals surface area contributed by atoms with Crippen LogP contribution in [-0.2, 0) is 17.8 Å². The second kappa shape index (κ2) is 8.62. The highest BCUT2D eigenvalue weighted by atomic mass is 79.9. The van der Waals surface area contributed by atoms with Crippen molar-refractivity contribution in [2.45, 2.75) is 46.8 Å². The summed E-state index contributed by atoms with van der Waals surface area (Å²) in [4.78, 5) is 16.4. The summed E-state index contributed by atoms with van der Waals surface area (Å²) in [5.74, 6) is 1.15. The number of halogens is 1. The molecule has 1 N–H and O–H groups in total. The summed E-state index contributed by atoms with van der Waals surface area (Å²) in [6.45, 7) is 8.11. The molecule has 32 heavy (non-hydrogen) atoms. The van der Waals surface area contributed by atoms with Crippen molar-refractivity contribution in [3.05, 3.63) is 64.0 Å². The van der Waals surface area contributed by atoms with Crippen LogP contribution >= 0.6 is 15.9 Å². The van der Waals surface area contributed by atoms with Gasteiger partial charge >= 0.3 is 5.97 Å². The topological polar surface area (TPSA) is 81.8 Å². The third-order valence-electron chi connectivity index (χ3n) is 5.63. The summed E-state index contributed by atoms with van der Waals surface area (Å²) < 4.78 is 18.9. The van der Waals surface area contributed by atoms with Gasteiger partial charge in [-0.05, 0) is 54.7 Å². The predicted molar refractivity (Wildman–Crippen MR) is 124 cm³/mol. The molecule has 3 aromatic rings. The molecule has 0 aliphatic carbocycles. The number of hydrogen-bond donors (Lipinski definition) is 1. The zero-order valence-electron chi connectivity index (χ0n) is 18.5. The Kier molecular flexibility index (Phi) is 6.03. The monoisotopic (exact) mass is 499 g/mol. The van der Waals surface area contributed by atoms with E-state index in [0.717, 1.165) is 21.3 Å². The average Bonchev–Trinajstić information content (AvgIpc) is 3.11. The van der Waals surface area contributed by atoms with E-state index in [1.807, 2.05) is 70.2 Å². The van der Waals surface area contributed by atoms with Crippen LogP contribution in [0.25, 0.3) is 11.5 Å². The molecule has 6 nitrogen and oxygen atoms in total. The SMILES string of the molecule is Cc1oc(-c2ccc(Br)cc2)nc1COc1ccc2c(c1)OC(C(C)(C)C)C(C(=O)O)C2. The van der Waals surface area contributed by atoms with Gasteiger partial charge in [0, 0.05) is 16.1 Å². The molecule has 0 radical (unpaired) electrons. The fourth-order valence-electron chi connectivity index (χ4n) is 3.89. The van der Waals surface area contributed by atoms with Gasteiger partial charge in [0.05, 0.1) is 5.92 Å². The van der Waals surface area contributed by atoms with Crippen LogP contribution in [0.5, 0.6) is 11.5 Å². The van der Waals surface area contributed by atoms with Gasteiger partial charge in [-0.3, -0.25) is 4.79 Å². The van der Waals surface area contributed by atoms with Crippen LogP contribution in [0.3, 0.4) is 0 Å². The van der Waals surface area contributed by atoms with E-state index in [4.69, 9.17) is 13.9 Å². The molecule has 1 aromatic heterocycles. The van der Waals surface area contributed by atoms with Crippen molar-refractivity contribution in [3.63, 3.8) is 0 Å². The van der Waals surface area contributed by atoms with E-state index in [1.165, 1.54) is 0 Å². The third kappa shape index (κ3) is 4.67. The zero-order valence-corrected chi connectivity index (χ0v) is 20.1. The van der Waals surface area contributed by atoms with Crippen molar-refractivity contribution >= 4 is 21.9 Å². The molecule has 2 aromatic carbocycles. The zero-order chi connectivity index (χ0) is 23.0. The summed E-state index contributed by atoms with van der Waals surface area (Å²) in [7, 11) is 0. The molecule has 0 bridgehead atoms. The lowest BCUT2D eigenvalue weighted by molar-refractivity contribution is -0.148. The molecule has 1 aliphatic rings. The molecule has 0 fully saturated rings. The number of carboxylic acids is 1. The first kappa shape index (κ1) is 22.4. The molecule has 4 rings (SSSR count). The number of oxazole rings is 1. The number of carbonyl (C=O) groups is 1. The van der Waals surface area contributed by atoms with Gasteiger partial charge < -0.3 is 19.0 Å². The van der Waals surface area contributed by atoms with Gasteiger partial charge in [0.25, 0.3) is 0 Å². The quantitative estimate of drug-likeness (QED) is 0.460. The van der Waals surface area contributed by atoms with Crippen LogP contribution in [0.1, 0.15) is 37.8 Å². The van der Waals surface area contributed by atoms with Crippen LogP contribution in [0, 0.1) is 18.3 Å². The van der Waals surface area contributed by atoms with E-state index in [1.54, 1.807) is 0 Å². The maximum absolute atomic E-state index is 11.8. The first-order valence-corrected chi connectivity index (χ1v) is 11.3. The molecule has 0 saturated carbocycles. The smallest absolute Gasteiger partial charge is 0.310 e. The summed E-state index contributed by atoms with van der Waals surface area (Å²) >= 11 is 3.43. The van der Waals surface area contributed by atoms with Crippen molar-refractivity contribution in [1.29, 1.82) is 0 Å². The van der Waals surface area contributed by atoms with E-state index < -0.39 is 18.0 Å². The van der Waals surface area contributed by atoms with Gasteiger partial charge in [-0.1, -0.05) is 42.8 Å². The minimum Gasteiger partial charge on any atom is -0.489 e. The van der Waals surface area contributed by atoms with E-state index >= 15 is 0 Å². The van der Waals surface area contributed by atoms with Gasteiger partial charge in [0.15, 0.2) is 0 Å². The maximum Gasteiger partial charge on any atom is 0.310 e. The molecule has 0 spiro atoms. The molecular weight excluding hydrogens is 474 g/mol. The Balaban J connectivity index is 1.50. The lowest BCUT2D eigenvalue weighted by Crippen LogP contribution is -2.46. The normalized spacial score (nSPS) is 18.0. The van der Waals surface area contributed by atoms with Crippen molar-refractivity contribution in [2.24, 2.45) is 11.3 Å². The second-order valence-electron chi connectivity index (χ2n) is 9.14. The number of carboxylic acid groups (broad SMARTS) is 1. The minimum absolute atomic E-state index is 0.255. The van der Waals surface area contributed by atoms with Crippen molar-refractivity contribution < 1.29 is 23.8 Å². The highest BCUT2D eigenvalue weighted by molar-refractivity contribution is 9.10. The van der Waals surface area contributed by atoms with Crippen LogP contribution in [0.15, 0.2) is 51.4 Å². The number of nitrogens with zero attached hydrogens (tertiary/aromatic N) is 1. The Bertz CT molecular complexity index is 1130. The standard InChI is InChI=1S/C25H26BrNO5/c1-14-20(27-23(31-14)15-5-8-17(26)9-6-15)13-30-18-10-7-16-11-19(24(28)29)22(25(2,3)4)32-21(16)12-18/h5-10,12,19,22H,11,13H2,1-4H3,(H,28,29). The largest absolute Gasteiger partial charge is 0.489 e. The Labute approximate surface area is 195 Å². The Hall–Kier alpha value is -2.80. The highest BCUT2D eigenvalue weighted by Crippen LogP contribution is 2.40. The van der Waals surface area contributed by atoms with E-state index in [0.29, 0.717) is 29.6 Å². The lowest BCUT2D eigenvalue weighted by atomic mass is 9.77. The lowest BCUT2D eigenvalue weighted by Gasteiger charge is -2.39. The summed E-state index contributed by atoms with van der Waals surface area (Å²) in [5.41, 5.74) is 2.19. The summed E-state index contributed by atoms with van der Waals surface area (Å²) in [6, 6.07) is 13.3. The van der Waals surface area contributed by atoms with Crippen LogP contribution < -0.4 is 9.47 Å². The van der Waals surface area contributed by atoms with Crippen molar-refractivity contribution in [3.8, 4) is 23.0 Å². The van der Waals surface area contributed by atoms with Crippen LogP contribution in [0.4, 0.5) is 0 Å². The minimum atomic E-state index is -0.834. The molecule has 1 aliphatic heterocycles. The van der Waals surface area contributed by atoms with Gasteiger partial charge in [0.2, 0.25) is 5.89 Å². The fraction of sp³-hybridized carbons (Fsp3) is 0.360. The van der Waals surface area contributed by atoms with Gasteiger partial charge in [-0.25, -0.2) is 4.98 Å². The number of rotatable bonds is 5. The Morgan fingerprint density at radius 3 is 2.59 bits per heavy atom. The van der Waals surface area contributed by atoms with Crippen molar-refractivity contribution in [1.82, 2.24) is 4.98 Å². The average molecular weight is 500 g/mol. The Morgan fingerprint density at radius 1 is 1.22 bits per heavy atom. The maximum atomic E-state index is 11.8. The number of benzene rings is 2. The number of ether oxygens (including phenoxy) is 2. The first-order chi connectivity index (χ1) is 15.1. The second-order valence-corrected chi connectivity index (χ2v) is 10.1. The predicted octanol–water partition coefficient (Wildman–Crippen LogP) is 6.04.